The van der Waals surface area contributed by atoms with Gasteiger partial charge in [-0.15, -0.1) is 11.3 Å². The van der Waals surface area contributed by atoms with Gasteiger partial charge in [-0.25, -0.2) is 4.98 Å². The van der Waals surface area contributed by atoms with Crippen molar-refractivity contribution in [2.24, 2.45) is 0 Å². The maximum absolute atomic E-state index is 12.0. The highest BCUT2D eigenvalue weighted by Crippen LogP contribution is 2.37. The quantitative estimate of drug-likeness (QED) is 0.813. The number of thiazole rings is 1. The second-order valence-corrected chi connectivity index (χ2v) is 6.27. The number of nitrogens with one attached hydrogen (secondary N) is 1. The smallest absolute Gasteiger partial charge is 0.315 e. The first-order valence-electron chi connectivity index (χ1n) is 7.62. The molecule has 0 saturated carbocycles. The zero-order valence-electron chi connectivity index (χ0n) is 12.6. The average molecular weight is 296 g/mol. The van der Waals surface area contributed by atoms with E-state index in [0.29, 0.717) is 12.6 Å². The van der Waals surface area contributed by atoms with Crippen LogP contribution in [0.25, 0.3) is 0 Å². The molecule has 20 heavy (non-hydrogen) atoms. The summed E-state index contributed by atoms with van der Waals surface area (Å²) in [5.74, 6) is -0.278. The topological polar surface area (TPSA) is 51.2 Å². The molecular weight excluding hydrogens is 272 g/mol. The Labute approximate surface area is 124 Å². The summed E-state index contributed by atoms with van der Waals surface area (Å²) < 4.78 is 5.18. The van der Waals surface area contributed by atoms with Crippen molar-refractivity contribution in [3.05, 3.63) is 10.6 Å². The van der Waals surface area contributed by atoms with Crippen LogP contribution in [0, 0.1) is 0 Å². The van der Waals surface area contributed by atoms with E-state index in [9.17, 15) is 4.79 Å². The molecule has 0 aliphatic heterocycles. The van der Waals surface area contributed by atoms with Crippen LogP contribution >= 0.6 is 11.3 Å². The van der Waals surface area contributed by atoms with Crippen molar-refractivity contribution in [3.63, 3.8) is 0 Å². The highest BCUT2D eigenvalue weighted by atomic mass is 32.1. The minimum Gasteiger partial charge on any atom is -0.465 e. The first-order chi connectivity index (χ1) is 9.69. The van der Waals surface area contributed by atoms with Gasteiger partial charge in [0.2, 0.25) is 0 Å². The fourth-order valence-corrected chi connectivity index (χ4v) is 3.76. The van der Waals surface area contributed by atoms with Crippen molar-refractivity contribution in [3.8, 4) is 0 Å². The minimum absolute atomic E-state index is 0.118. The molecule has 0 bridgehead atoms. The summed E-state index contributed by atoms with van der Waals surface area (Å²) in [4.78, 5) is 18.0. The van der Waals surface area contributed by atoms with Crippen LogP contribution in [0.15, 0.2) is 0 Å². The summed E-state index contributed by atoms with van der Waals surface area (Å²) in [6, 6.07) is 0.462. The lowest BCUT2D eigenvalue weighted by molar-refractivity contribution is -0.145. The molecule has 2 rings (SSSR count). The third kappa shape index (κ3) is 3.32. The molecule has 1 aliphatic carbocycles. The normalized spacial score (nSPS) is 17.9. The molecule has 5 heteroatoms. The van der Waals surface area contributed by atoms with Gasteiger partial charge in [-0.05, 0) is 39.0 Å². The summed E-state index contributed by atoms with van der Waals surface area (Å²) in [5, 5.41) is 4.44. The lowest BCUT2D eigenvalue weighted by Gasteiger charge is -2.19. The summed E-state index contributed by atoms with van der Waals surface area (Å²) in [7, 11) is 0. The summed E-state index contributed by atoms with van der Waals surface area (Å²) in [5.41, 5.74) is 0.952. The SMILES string of the molecule is CCOC(=O)C1CCCc2sc(NC(CC)CC)nc21. The van der Waals surface area contributed by atoms with E-state index >= 15 is 0 Å². The number of carbonyl (C=O) groups excluding carboxylic acids is 1. The first kappa shape index (κ1) is 15.3. The molecule has 112 valence electrons. The van der Waals surface area contributed by atoms with Crippen molar-refractivity contribution in [2.75, 3.05) is 11.9 Å². The van der Waals surface area contributed by atoms with Crippen molar-refractivity contribution in [2.45, 2.75) is 64.8 Å². The van der Waals surface area contributed by atoms with E-state index in [1.165, 1.54) is 4.88 Å². The number of rotatable bonds is 6. The Morgan fingerprint density at radius 1 is 1.45 bits per heavy atom. The van der Waals surface area contributed by atoms with Gasteiger partial charge < -0.3 is 10.1 Å². The van der Waals surface area contributed by atoms with Crippen LogP contribution in [-0.4, -0.2) is 23.6 Å². The molecule has 1 aromatic heterocycles. The van der Waals surface area contributed by atoms with E-state index in [4.69, 9.17) is 4.74 Å². The summed E-state index contributed by atoms with van der Waals surface area (Å²) in [6.45, 7) is 6.64. The van der Waals surface area contributed by atoms with Gasteiger partial charge in [-0.1, -0.05) is 13.8 Å². The molecule has 1 atom stereocenters. The zero-order valence-corrected chi connectivity index (χ0v) is 13.4. The highest BCUT2D eigenvalue weighted by molar-refractivity contribution is 7.15. The molecule has 0 saturated heterocycles. The van der Waals surface area contributed by atoms with Crippen molar-refractivity contribution in [1.29, 1.82) is 0 Å². The number of ether oxygens (including phenoxy) is 1. The standard InChI is InChI=1S/C15H24N2O2S/c1-4-10(5-2)16-15-17-13-11(14(18)19-6-3)8-7-9-12(13)20-15/h10-11H,4-9H2,1-3H3,(H,16,17). The van der Waals surface area contributed by atoms with Crippen LogP contribution < -0.4 is 5.32 Å². The predicted molar refractivity (Wildman–Crippen MR) is 82.4 cm³/mol. The van der Waals surface area contributed by atoms with Crippen molar-refractivity contribution < 1.29 is 9.53 Å². The lowest BCUT2D eigenvalue weighted by atomic mass is 9.91. The molecule has 1 N–H and O–H groups in total. The molecule has 0 spiro atoms. The molecule has 0 radical (unpaired) electrons. The summed E-state index contributed by atoms with van der Waals surface area (Å²) >= 11 is 1.70. The molecule has 0 aromatic carbocycles. The molecule has 1 aromatic rings. The third-order valence-electron chi connectivity index (χ3n) is 3.84. The maximum Gasteiger partial charge on any atom is 0.315 e. The number of hydrogen-bond acceptors (Lipinski definition) is 5. The van der Waals surface area contributed by atoms with Gasteiger partial charge in [0.15, 0.2) is 5.13 Å². The van der Waals surface area contributed by atoms with E-state index in [2.05, 4.69) is 24.1 Å². The van der Waals surface area contributed by atoms with Gasteiger partial charge in [-0.3, -0.25) is 4.79 Å². The van der Waals surface area contributed by atoms with Crippen molar-refractivity contribution in [1.82, 2.24) is 4.98 Å². The first-order valence-corrected chi connectivity index (χ1v) is 8.43. The third-order valence-corrected chi connectivity index (χ3v) is 4.90. The Kier molecular flexibility index (Phi) is 5.40. The van der Waals surface area contributed by atoms with Crippen LogP contribution in [0.3, 0.4) is 0 Å². The van der Waals surface area contributed by atoms with E-state index in [1.54, 1.807) is 11.3 Å². The largest absolute Gasteiger partial charge is 0.465 e. The van der Waals surface area contributed by atoms with Crippen LogP contribution in [-0.2, 0) is 16.0 Å². The van der Waals surface area contributed by atoms with E-state index in [0.717, 1.165) is 42.9 Å². The Morgan fingerprint density at radius 2 is 2.20 bits per heavy atom. The molecular formula is C15H24N2O2S. The average Bonchev–Trinajstić information content (AvgIpc) is 2.87. The Hall–Kier alpha value is -1.10. The second-order valence-electron chi connectivity index (χ2n) is 5.18. The second kappa shape index (κ2) is 7.07. The van der Waals surface area contributed by atoms with Gasteiger partial charge in [0.25, 0.3) is 0 Å². The van der Waals surface area contributed by atoms with Crippen LogP contribution in [0.4, 0.5) is 5.13 Å². The van der Waals surface area contributed by atoms with Crippen LogP contribution in [0.5, 0.6) is 0 Å². The highest BCUT2D eigenvalue weighted by Gasteiger charge is 2.31. The van der Waals surface area contributed by atoms with Gasteiger partial charge in [0.1, 0.15) is 5.92 Å². The number of esters is 1. The maximum atomic E-state index is 12.0. The Bertz CT molecular complexity index is 455. The van der Waals surface area contributed by atoms with Gasteiger partial charge >= 0.3 is 5.97 Å². The van der Waals surface area contributed by atoms with Gasteiger partial charge in [-0.2, -0.15) is 0 Å². The molecule has 4 nitrogen and oxygen atoms in total. The van der Waals surface area contributed by atoms with E-state index in [-0.39, 0.29) is 11.9 Å². The number of nitrogens with zero attached hydrogens (tertiary/aromatic N) is 1. The number of fused-ring (bicyclic) bond motifs is 1. The fraction of sp³-hybridized carbons (Fsp3) is 0.733. The van der Waals surface area contributed by atoms with E-state index in [1.807, 2.05) is 6.92 Å². The van der Waals surface area contributed by atoms with Crippen LogP contribution in [0.2, 0.25) is 0 Å². The predicted octanol–water partition coefficient (Wildman–Crippen LogP) is 3.73. The number of aryl methyl sites for hydroxylation is 1. The molecule has 0 fully saturated rings. The molecule has 1 heterocycles. The number of aromatic nitrogens is 1. The molecule has 0 amide bonds. The van der Waals surface area contributed by atoms with Gasteiger partial charge in [0.05, 0.1) is 12.3 Å². The lowest BCUT2D eigenvalue weighted by Crippen LogP contribution is -2.21. The zero-order chi connectivity index (χ0) is 14.5. The molecule has 1 aliphatic rings. The Balaban J connectivity index is 2.16. The summed E-state index contributed by atoms with van der Waals surface area (Å²) in [6.07, 6.45) is 5.11. The van der Waals surface area contributed by atoms with Crippen LogP contribution in [0.1, 0.15) is 62.9 Å². The van der Waals surface area contributed by atoms with Crippen molar-refractivity contribution >= 4 is 22.4 Å². The number of carbonyl (C=O) groups is 1. The fourth-order valence-electron chi connectivity index (χ4n) is 2.62. The minimum atomic E-state index is -0.160. The van der Waals surface area contributed by atoms with E-state index < -0.39 is 0 Å². The Morgan fingerprint density at radius 3 is 2.85 bits per heavy atom. The monoisotopic (exact) mass is 296 g/mol. The number of anilines is 1. The number of hydrogen-bond donors (Lipinski definition) is 1. The molecule has 1 unspecified atom stereocenters. The van der Waals surface area contributed by atoms with Gasteiger partial charge in [0, 0.05) is 10.9 Å².